The average Bonchev–Trinajstić information content (AvgIpc) is 2.56. The first kappa shape index (κ1) is 17.1. The van der Waals surface area contributed by atoms with Crippen LogP contribution in [0.2, 0.25) is 0 Å². The number of rotatable bonds is 4. The first-order valence-corrected chi connectivity index (χ1v) is 8.55. The van der Waals surface area contributed by atoms with Crippen LogP contribution in [0.4, 0.5) is 0 Å². The molecule has 0 fully saturated rings. The summed E-state index contributed by atoms with van der Waals surface area (Å²) >= 11 is 0. The van der Waals surface area contributed by atoms with Gasteiger partial charge in [-0.05, 0) is 48.6 Å². The van der Waals surface area contributed by atoms with Crippen LogP contribution in [0.15, 0.2) is 30.3 Å². The van der Waals surface area contributed by atoms with Crippen LogP contribution in [-0.2, 0) is 12.8 Å². The summed E-state index contributed by atoms with van der Waals surface area (Å²) in [6, 6.07) is 8.25. The molecule has 132 valence electrons. The van der Waals surface area contributed by atoms with E-state index in [1.54, 1.807) is 6.07 Å². The first-order chi connectivity index (χ1) is 12.1. The molecule has 0 saturated carbocycles. The number of ketones is 1. The molecule has 1 aliphatic heterocycles. The maximum absolute atomic E-state index is 12.6. The Morgan fingerprint density at radius 3 is 2.44 bits per heavy atom. The van der Waals surface area contributed by atoms with E-state index in [2.05, 4.69) is 0 Å². The van der Waals surface area contributed by atoms with Gasteiger partial charge in [-0.25, -0.2) is 0 Å². The number of ether oxygens (including phenoxy) is 2. The van der Waals surface area contributed by atoms with Crippen molar-refractivity contribution in [2.24, 2.45) is 0 Å². The van der Waals surface area contributed by atoms with Crippen molar-refractivity contribution in [1.82, 2.24) is 0 Å². The molecule has 0 spiro atoms. The van der Waals surface area contributed by atoms with Crippen molar-refractivity contribution in [2.45, 2.75) is 32.6 Å². The van der Waals surface area contributed by atoms with Crippen LogP contribution in [-0.4, -0.2) is 29.2 Å². The molecule has 0 unspecified atom stereocenters. The molecule has 0 aromatic heterocycles. The van der Waals surface area contributed by atoms with Gasteiger partial charge in [0.15, 0.2) is 17.3 Å². The highest BCUT2D eigenvalue weighted by molar-refractivity contribution is 6.00. The van der Waals surface area contributed by atoms with E-state index >= 15 is 0 Å². The van der Waals surface area contributed by atoms with Crippen LogP contribution in [0.25, 0.3) is 0 Å². The second kappa shape index (κ2) is 7.47. The van der Waals surface area contributed by atoms with Crippen molar-refractivity contribution >= 4 is 5.78 Å². The largest absolute Gasteiger partial charge is 0.508 e. The molecule has 0 atom stereocenters. The molecule has 1 heterocycles. The van der Waals surface area contributed by atoms with Crippen molar-refractivity contribution in [2.75, 3.05) is 13.2 Å². The number of aromatic hydroxyl groups is 2. The summed E-state index contributed by atoms with van der Waals surface area (Å²) in [5, 5.41) is 19.8. The zero-order valence-electron chi connectivity index (χ0n) is 14.2. The van der Waals surface area contributed by atoms with E-state index in [9.17, 15) is 15.0 Å². The Bertz CT molecular complexity index is 782. The van der Waals surface area contributed by atoms with E-state index in [4.69, 9.17) is 9.47 Å². The lowest BCUT2D eigenvalue weighted by Gasteiger charge is -2.17. The van der Waals surface area contributed by atoms with E-state index in [0.717, 1.165) is 18.4 Å². The van der Waals surface area contributed by atoms with Gasteiger partial charge in [0.2, 0.25) is 0 Å². The minimum atomic E-state index is -0.209. The van der Waals surface area contributed by atoms with Crippen molar-refractivity contribution < 1.29 is 24.5 Å². The monoisotopic (exact) mass is 342 g/mol. The zero-order chi connectivity index (χ0) is 17.8. The van der Waals surface area contributed by atoms with E-state index in [0.29, 0.717) is 36.7 Å². The molecule has 5 heteroatoms. The van der Waals surface area contributed by atoms with Crippen molar-refractivity contribution in [3.05, 3.63) is 47.0 Å². The zero-order valence-corrected chi connectivity index (χ0v) is 14.2. The van der Waals surface area contributed by atoms with Gasteiger partial charge in [-0.15, -0.1) is 0 Å². The highest BCUT2D eigenvalue weighted by atomic mass is 16.5. The van der Waals surface area contributed by atoms with E-state index in [1.165, 1.54) is 6.07 Å². The number of hydrogen-bond acceptors (Lipinski definition) is 5. The summed E-state index contributed by atoms with van der Waals surface area (Å²) in [6.07, 6.45) is 2.61. The predicted molar refractivity (Wildman–Crippen MR) is 93.9 cm³/mol. The van der Waals surface area contributed by atoms with Gasteiger partial charge < -0.3 is 19.7 Å². The fraction of sp³-hybridized carbons (Fsp3) is 0.350. The van der Waals surface area contributed by atoms with E-state index in [1.807, 2.05) is 25.1 Å². The van der Waals surface area contributed by atoms with Crippen LogP contribution in [0.1, 0.15) is 41.3 Å². The SMILES string of the molecule is CCc1cc(C(=O)Cc2ccc3c(c2)OCCCCO3)c(O)cc1O. The Hall–Kier alpha value is -2.69. The van der Waals surface area contributed by atoms with Gasteiger partial charge in [0.1, 0.15) is 11.5 Å². The Morgan fingerprint density at radius 1 is 1.00 bits per heavy atom. The number of Topliss-reactive ketones (excluding diaryl/α,β-unsaturated/α-hetero) is 1. The van der Waals surface area contributed by atoms with Gasteiger partial charge >= 0.3 is 0 Å². The molecule has 0 radical (unpaired) electrons. The lowest BCUT2D eigenvalue weighted by atomic mass is 9.98. The molecular weight excluding hydrogens is 320 g/mol. The predicted octanol–water partition coefficient (Wildman–Crippen LogP) is 3.64. The van der Waals surface area contributed by atoms with E-state index in [-0.39, 0.29) is 29.3 Å². The molecule has 0 amide bonds. The summed E-state index contributed by atoms with van der Waals surface area (Å²) < 4.78 is 11.4. The highest BCUT2D eigenvalue weighted by Gasteiger charge is 2.17. The molecule has 3 rings (SSSR count). The maximum Gasteiger partial charge on any atom is 0.170 e. The third-order valence-electron chi connectivity index (χ3n) is 4.30. The summed E-state index contributed by atoms with van der Waals surface area (Å²) in [4.78, 5) is 12.6. The van der Waals surface area contributed by atoms with Gasteiger partial charge in [-0.1, -0.05) is 13.0 Å². The highest BCUT2D eigenvalue weighted by Crippen LogP contribution is 2.32. The van der Waals surface area contributed by atoms with Crippen LogP contribution in [0.5, 0.6) is 23.0 Å². The van der Waals surface area contributed by atoms with E-state index < -0.39 is 0 Å². The molecule has 2 aromatic carbocycles. The summed E-state index contributed by atoms with van der Waals surface area (Å²) in [5.74, 6) is 0.929. The van der Waals surface area contributed by atoms with Crippen LogP contribution in [0.3, 0.4) is 0 Å². The minimum Gasteiger partial charge on any atom is -0.508 e. The smallest absolute Gasteiger partial charge is 0.170 e. The fourth-order valence-electron chi connectivity index (χ4n) is 2.87. The fourth-order valence-corrected chi connectivity index (χ4v) is 2.87. The Kier molecular flexibility index (Phi) is 5.12. The number of fused-ring (bicyclic) bond motifs is 1. The topological polar surface area (TPSA) is 76.0 Å². The number of phenols is 2. The van der Waals surface area contributed by atoms with Crippen molar-refractivity contribution in [3.8, 4) is 23.0 Å². The van der Waals surface area contributed by atoms with Gasteiger partial charge in [-0.3, -0.25) is 4.79 Å². The number of aryl methyl sites for hydroxylation is 1. The van der Waals surface area contributed by atoms with Crippen LogP contribution in [0, 0.1) is 0 Å². The summed E-state index contributed by atoms with van der Waals surface area (Å²) in [6.45, 7) is 3.18. The number of hydrogen-bond donors (Lipinski definition) is 2. The number of carbonyl (C=O) groups excluding carboxylic acids is 1. The average molecular weight is 342 g/mol. The Balaban J connectivity index is 1.82. The standard InChI is InChI=1S/C20H22O5/c1-2-14-11-15(18(23)12-16(14)21)17(22)9-13-5-6-19-20(10-13)25-8-4-3-7-24-19/h5-6,10-12,21,23H,2-4,7-9H2,1H3. The summed E-state index contributed by atoms with van der Waals surface area (Å²) in [5.41, 5.74) is 1.65. The normalized spacial score (nSPS) is 13.8. The molecule has 0 aliphatic carbocycles. The molecule has 25 heavy (non-hydrogen) atoms. The second-order valence-corrected chi connectivity index (χ2v) is 6.14. The lowest BCUT2D eigenvalue weighted by Crippen LogP contribution is -2.09. The van der Waals surface area contributed by atoms with Gasteiger partial charge in [0.25, 0.3) is 0 Å². The molecule has 2 aromatic rings. The van der Waals surface area contributed by atoms with Crippen LogP contribution >= 0.6 is 0 Å². The van der Waals surface area contributed by atoms with Crippen molar-refractivity contribution in [1.29, 1.82) is 0 Å². The van der Waals surface area contributed by atoms with Crippen molar-refractivity contribution in [3.63, 3.8) is 0 Å². The number of phenolic OH excluding ortho intramolecular Hbond substituents is 2. The lowest BCUT2D eigenvalue weighted by molar-refractivity contribution is 0.0990. The molecule has 5 nitrogen and oxygen atoms in total. The molecule has 0 saturated heterocycles. The first-order valence-electron chi connectivity index (χ1n) is 8.55. The van der Waals surface area contributed by atoms with Gasteiger partial charge in [0.05, 0.1) is 18.8 Å². The number of benzene rings is 2. The maximum atomic E-state index is 12.6. The molecule has 1 aliphatic rings. The Labute approximate surface area is 146 Å². The van der Waals surface area contributed by atoms with Gasteiger partial charge in [-0.2, -0.15) is 0 Å². The molecule has 2 N–H and O–H groups in total. The van der Waals surface area contributed by atoms with Gasteiger partial charge in [0, 0.05) is 12.5 Å². The Morgan fingerprint density at radius 2 is 1.72 bits per heavy atom. The summed E-state index contributed by atoms with van der Waals surface area (Å²) in [7, 11) is 0. The molecular formula is C20H22O5. The number of carbonyl (C=O) groups is 1. The quantitative estimate of drug-likeness (QED) is 0.830. The third-order valence-corrected chi connectivity index (χ3v) is 4.30. The second-order valence-electron chi connectivity index (χ2n) is 6.14. The van der Waals surface area contributed by atoms with Crippen LogP contribution < -0.4 is 9.47 Å². The minimum absolute atomic E-state index is 0.00296. The molecule has 0 bridgehead atoms. The third kappa shape index (κ3) is 3.87.